The fraction of sp³-hybridized carbons (Fsp3) is 0.125. The molecule has 70 valence electrons. The molecule has 0 bridgehead atoms. The van der Waals surface area contributed by atoms with Crippen molar-refractivity contribution in [3.63, 3.8) is 0 Å². The van der Waals surface area contributed by atoms with E-state index in [1.807, 2.05) is 0 Å². The second-order valence-corrected chi connectivity index (χ2v) is 2.58. The fourth-order valence-electron chi connectivity index (χ4n) is 0.768. The van der Waals surface area contributed by atoms with Crippen molar-refractivity contribution in [2.45, 2.75) is 0 Å². The zero-order chi connectivity index (χ0) is 9.84. The Morgan fingerprint density at radius 2 is 2.08 bits per heavy atom. The number of amides is 1. The molecule has 0 atom stereocenters. The summed E-state index contributed by atoms with van der Waals surface area (Å²) in [4.78, 5) is 10.7. The summed E-state index contributed by atoms with van der Waals surface area (Å²) >= 11 is 5.19. The molecule has 0 unspecified atom stereocenters. The van der Waals surface area contributed by atoms with Gasteiger partial charge in [0.1, 0.15) is 5.88 Å². The number of carbonyl (C=O) groups excluding carboxylic acids is 1. The van der Waals surface area contributed by atoms with E-state index in [0.29, 0.717) is 0 Å². The van der Waals surface area contributed by atoms with Crippen LogP contribution in [0.25, 0.3) is 0 Å². The van der Waals surface area contributed by atoms with Gasteiger partial charge in [0, 0.05) is 11.8 Å². The summed E-state index contributed by atoms with van der Waals surface area (Å²) in [6.45, 7) is 0. The Bertz CT molecular complexity index is 330. The van der Waals surface area contributed by atoms with Crippen molar-refractivity contribution in [3.05, 3.63) is 29.8 Å². The van der Waals surface area contributed by atoms with Gasteiger partial charge in [-0.1, -0.05) is 0 Å². The molecule has 13 heavy (non-hydrogen) atoms. The Morgan fingerprint density at radius 3 is 2.62 bits per heavy atom. The van der Waals surface area contributed by atoms with Crippen molar-refractivity contribution < 1.29 is 13.6 Å². The van der Waals surface area contributed by atoms with Crippen molar-refractivity contribution in [3.8, 4) is 0 Å². The summed E-state index contributed by atoms with van der Waals surface area (Å²) in [7, 11) is 0. The minimum atomic E-state index is -1.01. The minimum Gasteiger partial charge on any atom is -0.325 e. The summed E-state index contributed by atoms with van der Waals surface area (Å²) in [5, 5.41) is 2.28. The average Bonchev–Trinajstić information content (AvgIpc) is 2.11. The number of benzene rings is 1. The third kappa shape index (κ3) is 2.66. The van der Waals surface area contributed by atoms with E-state index in [-0.39, 0.29) is 11.6 Å². The molecule has 0 saturated heterocycles. The molecule has 1 rings (SSSR count). The first-order chi connectivity index (χ1) is 6.13. The van der Waals surface area contributed by atoms with Crippen LogP contribution in [0.3, 0.4) is 0 Å². The van der Waals surface area contributed by atoms with E-state index >= 15 is 0 Å². The maximum absolute atomic E-state index is 12.6. The Kier molecular flexibility index (Phi) is 3.19. The highest BCUT2D eigenvalue weighted by atomic mass is 35.5. The number of anilines is 1. The molecule has 5 heteroatoms. The predicted molar refractivity (Wildman–Crippen MR) is 45.7 cm³/mol. The summed E-state index contributed by atoms with van der Waals surface area (Å²) in [6.07, 6.45) is 0. The van der Waals surface area contributed by atoms with Gasteiger partial charge in [-0.25, -0.2) is 8.78 Å². The zero-order valence-corrected chi connectivity index (χ0v) is 7.24. The number of carbonyl (C=O) groups is 1. The molecule has 0 aliphatic rings. The van der Waals surface area contributed by atoms with Gasteiger partial charge in [0.25, 0.3) is 0 Å². The number of hydrogen-bond donors (Lipinski definition) is 1. The average molecular weight is 206 g/mol. The number of rotatable bonds is 2. The third-order valence-electron chi connectivity index (χ3n) is 1.32. The van der Waals surface area contributed by atoms with Crippen LogP contribution in [-0.2, 0) is 4.79 Å². The summed E-state index contributed by atoms with van der Waals surface area (Å²) in [6, 6.07) is 3.07. The summed E-state index contributed by atoms with van der Waals surface area (Å²) < 4.78 is 25.0. The molecule has 1 aromatic rings. The number of alkyl halides is 1. The van der Waals surface area contributed by atoms with Gasteiger partial charge in [0.05, 0.1) is 0 Å². The van der Waals surface area contributed by atoms with Crippen LogP contribution < -0.4 is 5.32 Å². The Labute approximate surface area is 78.5 Å². The highest BCUT2D eigenvalue weighted by Crippen LogP contribution is 2.12. The molecule has 0 saturated carbocycles. The third-order valence-corrected chi connectivity index (χ3v) is 1.57. The van der Waals surface area contributed by atoms with E-state index in [2.05, 4.69) is 5.32 Å². The second-order valence-electron chi connectivity index (χ2n) is 2.31. The van der Waals surface area contributed by atoms with Gasteiger partial charge in [-0.15, -0.1) is 11.6 Å². The second kappa shape index (κ2) is 4.18. The van der Waals surface area contributed by atoms with Gasteiger partial charge in [-0.05, 0) is 12.1 Å². The molecule has 0 heterocycles. The molecule has 1 N–H and O–H groups in total. The van der Waals surface area contributed by atoms with Crippen molar-refractivity contribution >= 4 is 23.2 Å². The highest BCUT2D eigenvalue weighted by Gasteiger charge is 2.04. The first kappa shape index (κ1) is 9.92. The quantitative estimate of drug-likeness (QED) is 0.737. The normalized spacial score (nSPS) is 9.77. The van der Waals surface area contributed by atoms with Crippen LogP contribution in [0.1, 0.15) is 0 Å². The molecule has 1 amide bonds. The number of nitrogens with one attached hydrogen (secondary N) is 1. The van der Waals surface area contributed by atoms with Gasteiger partial charge >= 0.3 is 0 Å². The van der Waals surface area contributed by atoms with Crippen molar-refractivity contribution in [1.82, 2.24) is 0 Å². The smallest absolute Gasteiger partial charge is 0.239 e. The van der Waals surface area contributed by atoms with Crippen LogP contribution >= 0.6 is 11.6 Å². The lowest BCUT2D eigenvalue weighted by Crippen LogP contribution is -2.12. The van der Waals surface area contributed by atoms with E-state index < -0.39 is 17.5 Å². The summed E-state index contributed by atoms with van der Waals surface area (Å²) in [5.74, 6) is -2.65. The van der Waals surface area contributed by atoms with Gasteiger partial charge < -0.3 is 5.32 Å². The van der Waals surface area contributed by atoms with Crippen LogP contribution in [0.5, 0.6) is 0 Å². The number of halogens is 3. The Hall–Kier alpha value is -1.16. The molecule has 2 nitrogen and oxygen atoms in total. The molecule has 0 aromatic heterocycles. The molecule has 0 fully saturated rings. The Balaban J connectivity index is 2.79. The lowest BCUT2D eigenvalue weighted by Gasteiger charge is -2.02. The van der Waals surface area contributed by atoms with Crippen LogP contribution in [0.4, 0.5) is 14.5 Å². The van der Waals surface area contributed by atoms with Crippen LogP contribution in [0, 0.1) is 11.6 Å². The SMILES string of the molecule is O=C(CCl)Nc1ccc(F)c(F)c1. The highest BCUT2D eigenvalue weighted by molar-refractivity contribution is 6.29. The standard InChI is InChI=1S/C8H6ClF2NO/c9-4-8(13)12-5-1-2-6(10)7(11)3-5/h1-3H,4H2,(H,12,13). The van der Waals surface area contributed by atoms with Gasteiger partial charge in [-0.3, -0.25) is 4.79 Å². The van der Waals surface area contributed by atoms with Crippen LogP contribution in [0.2, 0.25) is 0 Å². The van der Waals surface area contributed by atoms with Crippen LogP contribution in [-0.4, -0.2) is 11.8 Å². The first-order valence-electron chi connectivity index (χ1n) is 3.44. The number of hydrogen-bond acceptors (Lipinski definition) is 1. The molecule has 0 aliphatic heterocycles. The molecule has 0 aliphatic carbocycles. The topological polar surface area (TPSA) is 29.1 Å². The maximum atomic E-state index is 12.6. The Morgan fingerprint density at radius 1 is 1.38 bits per heavy atom. The maximum Gasteiger partial charge on any atom is 0.239 e. The fourth-order valence-corrected chi connectivity index (χ4v) is 0.835. The minimum absolute atomic E-state index is 0.185. The van der Waals surface area contributed by atoms with E-state index in [1.54, 1.807) is 0 Å². The van der Waals surface area contributed by atoms with E-state index in [1.165, 1.54) is 6.07 Å². The lowest BCUT2D eigenvalue weighted by atomic mass is 10.3. The lowest BCUT2D eigenvalue weighted by molar-refractivity contribution is -0.113. The van der Waals surface area contributed by atoms with Crippen molar-refractivity contribution in [2.24, 2.45) is 0 Å². The van der Waals surface area contributed by atoms with Crippen molar-refractivity contribution in [1.29, 1.82) is 0 Å². The van der Waals surface area contributed by atoms with Gasteiger partial charge in [0.15, 0.2) is 11.6 Å². The monoisotopic (exact) mass is 205 g/mol. The molecule has 0 spiro atoms. The largest absolute Gasteiger partial charge is 0.325 e. The molecular weight excluding hydrogens is 200 g/mol. The van der Waals surface area contributed by atoms with Crippen molar-refractivity contribution in [2.75, 3.05) is 11.2 Å². The zero-order valence-electron chi connectivity index (χ0n) is 6.48. The van der Waals surface area contributed by atoms with E-state index in [0.717, 1.165) is 12.1 Å². The van der Waals surface area contributed by atoms with Crippen LogP contribution in [0.15, 0.2) is 18.2 Å². The molecular formula is C8H6ClF2NO. The predicted octanol–water partition coefficient (Wildman–Crippen LogP) is 2.14. The molecule has 0 radical (unpaired) electrons. The van der Waals surface area contributed by atoms with Gasteiger partial charge in [-0.2, -0.15) is 0 Å². The van der Waals surface area contributed by atoms with E-state index in [4.69, 9.17) is 11.6 Å². The van der Waals surface area contributed by atoms with E-state index in [9.17, 15) is 13.6 Å². The molecule has 1 aromatic carbocycles. The van der Waals surface area contributed by atoms with Gasteiger partial charge in [0.2, 0.25) is 5.91 Å². The first-order valence-corrected chi connectivity index (χ1v) is 3.98. The summed E-state index contributed by atoms with van der Waals surface area (Å²) in [5.41, 5.74) is 0.185.